The number of amides is 2. The van der Waals surface area contributed by atoms with Crippen LogP contribution < -0.4 is 15.6 Å². The molecule has 0 aliphatic heterocycles. The molecule has 2 aromatic carbocycles. The highest BCUT2D eigenvalue weighted by molar-refractivity contribution is 6.30. The van der Waals surface area contributed by atoms with E-state index in [0.717, 1.165) is 12.1 Å². The molecule has 0 bridgehead atoms. The van der Waals surface area contributed by atoms with Crippen LogP contribution in [-0.2, 0) is 15.8 Å². The summed E-state index contributed by atoms with van der Waals surface area (Å²) in [6.45, 7) is -0.570. The molecular formula is C18H14ClF3N2O3. The highest BCUT2D eigenvalue weighted by Crippen LogP contribution is 2.31. The van der Waals surface area contributed by atoms with E-state index in [4.69, 9.17) is 16.3 Å². The van der Waals surface area contributed by atoms with E-state index in [1.807, 2.05) is 0 Å². The zero-order valence-corrected chi connectivity index (χ0v) is 14.5. The Morgan fingerprint density at radius 3 is 2.52 bits per heavy atom. The van der Waals surface area contributed by atoms with Crippen LogP contribution in [-0.4, -0.2) is 18.4 Å². The van der Waals surface area contributed by atoms with Gasteiger partial charge in [-0.25, -0.2) is 0 Å². The molecule has 0 atom stereocenters. The van der Waals surface area contributed by atoms with E-state index in [-0.39, 0.29) is 5.75 Å². The summed E-state index contributed by atoms with van der Waals surface area (Å²) in [4.78, 5) is 23.2. The summed E-state index contributed by atoms with van der Waals surface area (Å²) in [5.41, 5.74) is 4.01. The number of hydrazine groups is 1. The topological polar surface area (TPSA) is 67.4 Å². The number of rotatable bonds is 5. The van der Waals surface area contributed by atoms with Gasteiger partial charge in [0.25, 0.3) is 11.8 Å². The third-order valence-electron chi connectivity index (χ3n) is 3.13. The lowest BCUT2D eigenvalue weighted by molar-refractivity contribution is -0.137. The van der Waals surface area contributed by atoms with Crippen molar-refractivity contribution in [3.63, 3.8) is 0 Å². The first-order valence-corrected chi connectivity index (χ1v) is 7.94. The molecule has 142 valence electrons. The summed E-state index contributed by atoms with van der Waals surface area (Å²) in [6.07, 6.45) is -1.84. The zero-order chi connectivity index (χ0) is 19.9. The molecular weight excluding hydrogens is 385 g/mol. The Bertz CT molecular complexity index is 854. The van der Waals surface area contributed by atoms with Crippen molar-refractivity contribution < 1.29 is 27.5 Å². The Kier molecular flexibility index (Phi) is 6.84. The molecule has 0 radical (unpaired) electrons. The van der Waals surface area contributed by atoms with Crippen molar-refractivity contribution in [2.75, 3.05) is 6.61 Å². The van der Waals surface area contributed by atoms with Gasteiger partial charge in [0.15, 0.2) is 6.61 Å². The summed E-state index contributed by atoms with van der Waals surface area (Å²) in [5, 5.41) is 0.512. The molecule has 0 aliphatic rings. The fraction of sp³-hybridized carbons (Fsp3) is 0.111. The molecule has 0 aromatic heterocycles. The van der Waals surface area contributed by atoms with E-state index in [0.29, 0.717) is 10.6 Å². The van der Waals surface area contributed by atoms with E-state index in [1.165, 1.54) is 24.3 Å². The van der Waals surface area contributed by atoms with Crippen molar-refractivity contribution in [1.82, 2.24) is 10.9 Å². The second kappa shape index (κ2) is 9.09. The number of hydrogen-bond acceptors (Lipinski definition) is 3. The van der Waals surface area contributed by atoms with Gasteiger partial charge in [-0.05, 0) is 42.0 Å². The summed E-state index contributed by atoms with van der Waals surface area (Å²) >= 11 is 5.82. The van der Waals surface area contributed by atoms with Crippen LogP contribution in [0.4, 0.5) is 13.2 Å². The Balaban J connectivity index is 1.78. The molecule has 2 rings (SSSR count). The summed E-state index contributed by atoms with van der Waals surface area (Å²) in [6, 6.07) is 10.9. The van der Waals surface area contributed by atoms with Gasteiger partial charge < -0.3 is 4.74 Å². The standard InChI is InChI=1S/C18H14ClF3N2O3/c19-14-5-1-3-12(9-14)7-8-16(25)23-24-17(26)11-27-15-6-2-4-13(10-15)18(20,21)22/h1-10H,11H2,(H,23,25)(H,24,26)/b8-7+. The molecule has 5 nitrogen and oxygen atoms in total. The van der Waals surface area contributed by atoms with Gasteiger partial charge in [0.1, 0.15) is 5.75 Å². The van der Waals surface area contributed by atoms with Crippen molar-refractivity contribution in [1.29, 1.82) is 0 Å². The van der Waals surface area contributed by atoms with Gasteiger partial charge in [-0.3, -0.25) is 20.4 Å². The van der Waals surface area contributed by atoms with Gasteiger partial charge in [-0.1, -0.05) is 29.8 Å². The van der Waals surface area contributed by atoms with Crippen molar-refractivity contribution >= 4 is 29.5 Å². The minimum Gasteiger partial charge on any atom is -0.484 e. The predicted octanol–water partition coefficient (Wildman–Crippen LogP) is 3.60. The Morgan fingerprint density at radius 2 is 1.81 bits per heavy atom. The lowest BCUT2D eigenvalue weighted by Gasteiger charge is -2.10. The predicted molar refractivity (Wildman–Crippen MR) is 93.7 cm³/mol. The van der Waals surface area contributed by atoms with Crippen LogP contribution in [0.5, 0.6) is 5.75 Å². The number of carbonyl (C=O) groups is 2. The highest BCUT2D eigenvalue weighted by atomic mass is 35.5. The second-order valence-electron chi connectivity index (χ2n) is 5.24. The van der Waals surface area contributed by atoms with Crippen molar-refractivity contribution in [2.45, 2.75) is 6.18 Å². The van der Waals surface area contributed by atoms with Gasteiger partial charge in [0.2, 0.25) is 0 Å². The fourth-order valence-electron chi connectivity index (χ4n) is 1.90. The SMILES string of the molecule is O=C(/C=C/c1cccc(Cl)c1)NNC(=O)COc1cccc(C(F)(F)F)c1. The maximum Gasteiger partial charge on any atom is 0.416 e. The maximum absolute atomic E-state index is 12.6. The van der Waals surface area contributed by atoms with Crippen LogP contribution in [0.15, 0.2) is 54.6 Å². The number of nitrogens with one attached hydrogen (secondary N) is 2. The fourth-order valence-corrected chi connectivity index (χ4v) is 2.10. The van der Waals surface area contributed by atoms with E-state index in [9.17, 15) is 22.8 Å². The molecule has 2 N–H and O–H groups in total. The molecule has 0 saturated heterocycles. The monoisotopic (exact) mass is 398 g/mol. The minimum absolute atomic E-state index is 0.118. The van der Waals surface area contributed by atoms with E-state index in [1.54, 1.807) is 24.3 Å². The normalized spacial score (nSPS) is 11.3. The van der Waals surface area contributed by atoms with Crippen molar-refractivity contribution in [2.24, 2.45) is 0 Å². The van der Waals surface area contributed by atoms with Gasteiger partial charge in [-0.2, -0.15) is 13.2 Å². The van der Waals surface area contributed by atoms with Crippen LogP contribution in [0, 0.1) is 0 Å². The first kappa shape index (κ1) is 20.3. The van der Waals surface area contributed by atoms with Crippen molar-refractivity contribution in [3.05, 3.63) is 70.8 Å². The average molecular weight is 399 g/mol. The van der Waals surface area contributed by atoms with Gasteiger partial charge in [0.05, 0.1) is 5.56 Å². The molecule has 2 amide bonds. The van der Waals surface area contributed by atoms with E-state index < -0.39 is 30.2 Å². The maximum atomic E-state index is 12.6. The molecule has 0 saturated carbocycles. The molecule has 0 spiro atoms. The second-order valence-corrected chi connectivity index (χ2v) is 5.68. The summed E-state index contributed by atoms with van der Waals surface area (Å²) in [7, 11) is 0. The first-order chi connectivity index (χ1) is 12.7. The highest BCUT2D eigenvalue weighted by Gasteiger charge is 2.30. The Morgan fingerprint density at radius 1 is 1.07 bits per heavy atom. The third-order valence-corrected chi connectivity index (χ3v) is 3.37. The van der Waals surface area contributed by atoms with Gasteiger partial charge >= 0.3 is 6.18 Å². The number of hydrogen-bond donors (Lipinski definition) is 2. The van der Waals surface area contributed by atoms with Crippen LogP contribution in [0.25, 0.3) is 6.08 Å². The molecule has 2 aromatic rings. The number of halogens is 4. The van der Waals surface area contributed by atoms with Crippen LogP contribution in [0.1, 0.15) is 11.1 Å². The van der Waals surface area contributed by atoms with Crippen LogP contribution >= 0.6 is 11.6 Å². The zero-order valence-electron chi connectivity index (χ0n) is 13.7. The summed E-state index contributed by atoms with van der Waals surface area (Å²) < 4.78 is 42.8. The molecule has 0 aliphatic carbocycles. The largest absolute Gasteiger partial charge is 0.484 e. The lowest BCUT2D eigenvalue weighted by atomic mass is 10.2. The third kappa shape index (κ3) is 7.02. The van der Waals surface area contributed by atoms with Gasteiger partial charge in [0, 0.05) is 11.1 Å². The Labute approximate surface area is 157 Å². The molecule has 0 unspecified atom stereocenters. The summed E-state index contributed by atoms with van der Waals surface area (Å²) in [5.74, 6) is -1.47. The lowest BCUT2D eigenvalue weighted by Crippen LogP contribution is -2.43. The number of carbonyl (C=O) groups excluding carboxylic acids is 2. The average Bonchev–Trinajstić information content (AvgIpc) is 2.62. The number of alkyl halides is 3. The van der Waals surface area contributed by atoms with Gasteiger partial charge in [-0.15, -0.1) is 0 Å². The van der Waals surface area contributed by atoms with Crippen LogP contribution in [0.3, 0.4) is 0 Å². The molecule has 27 heavy (non-hydrogen) atoms. The number of benzene rings is 2. The Hall–Kier alpha value is -3.00. The number of ether oxygens (including phenoxy) is 1. The van der Waals surface area contributed by atoms with Crippen LogP contribution in [0.2, 0.25) is 5.02 Å². The van der Waals surface area contributed by atoms with E-state index in [2.05, 4.69) is 10.9 Å². The molecule has 0 fully saturated rings. The minimum atomic E-state index is -4.51. The van der Waals surface area contributed by atoms with E-state index >= 15 is 0 Å². The quantitative estimate of drug-likeness (QED) is 0.597. The molecule has 9 heteroatoms. The van der Waals surface area contributed by atoms with Crippen molar-refractivity contribution in [3.8, 4) is 5.75 Å². The smallest absolute Gasteiger partial charge is 0.416 e. The molecule has 0 heterocycles. The first-order valence-electron chi connectivity index (χ1n) is 7.56.